The van der Waals surface area contributed by atoms with Crippen LogP contribution in [0.1, 0.15) is 41.0 Å². The van der Waals surface area contributed by atoms with E-state index in [1.807, 2.05) is 0 Å². The van der Waals surface area contributed by atoms with E-state index >= 15 is 0 Å². The van der Waals surface area contributed by atoms with Gasteiger partial charge in [-0.3, -0.25) is 0 Å². The van der Waals surface area contributed by atoms with Gasteiger partial charge in [-0.25, -0.2) is 19.9 Å². The van der Waals surface area contributed by atoms with Crippen LogP contribution in [0.2, 0.25) is 0 Å². The summed E-state index contributed by atoms with van der Waals surface area (Å²) < 4.78 is 0. The van der Waals surface area contributed by atoms with E-state index in [0.29, 0.717) is 5.92 Å². The van der Waals surface area contributed by atoms with E-state index < -0.39 is 0 Å². The predicted molar refractivity (Wildman–Crippen MR) is 159 cm³/mol. The summed E-state index contributed by atoms with van der Waals surface area (Å²) in [6, 6.07) is 13.1. The molecule has 0 atom stereocenters. The molecule has 200 valence electrons. The fourth-order valence-electron chi connectivity index (χ4n) is 4.82. The van der Waals surface area contributed by atoms with Crippen LogP contribution in [0.15, 0.2) is 49.1 Å². The molecule has 0 radical (unpaired) electrons. The molecule has 1 aliphatic rings. The van der Waals surface area contributed by atoms with Crippen LogP contribution in [0.3, 0.4) is 0 Å². The fourth-order valence-corrected chi connectivity index (χ4v) is 4.82. The van der Waals surface area contributed by atoms with Gasteiger partial charge in [0.15, 0.2) is 0 Å². The molecular formula is C30H40N8. The molecular weight excluding hydrogens is 472 g/mol. The first-order chi connectivity index (χ1) is 18.3. The maximum atomic E-state index is 4.56. The third-order valence-electron chi connectivity index (χ3n) is 7.05. The first-order valence-electron chi connectivity index (χ1n) is 13.7. The summed E-state index contributed by atoms with van der Waals surface area (Å²) in [5.74, 6) is 2.49. The van der Waals surface area contributed by atoms with Crippen molar-refractivity contribution < 1.29 is 0 Å². The number of anilines is 4. The van der Waals surface area contributed by atoms with Crippen LogP contribution in [0, 0.1) is 11.3 Å². The average Bonchev–Trinajstić information content (AvgIpc) is 2.91. The van der Waals surface area contributed by atoms with Gasteiger partial charge < -0.3 is 20.4 Å². The highest BCUT2D eigenvalue weighted by molar-refractivity contribution is 5.92. The Morgan fingerprint density at radius 1 is 0.737 bits per heavy atom. The number of benzene rings is 2. The lowest BCUT2D eigenvalue weighted by Crippen LogP contribution is -2.46. The van der Waals surface area contributed by atoms with Crippen LogP contribution in [0.4, 0.5) is 23.0 Å². The minimum absolute atomic E-state index is 0.182. The Morgan fingerprint density at radius 3 is 1.71 bits per heavy atom. The SMILES string of the molecule is CC(C)CCNc1ncnc2cc(N3CCN(c4ccc5c(NCC(C)(C)C)ncnc5c4)CC3)ccc12. The zero-order chi connectivity index (χ0) is 26.7. The van der Waals surface area contributed by atoms with Crippen LogP contribution in [0.25, 0.3) is 21.8 Å². The van der Waals surface area contributed by atoms with E-state index in [1.54, 1.807) is 12.7 Å². The van der Waals surface area contributed by atoms with Crippen molar-refractivity contribution in [1.82, 2.24) is 19.9 Å². The predicted octanol–water partition coefficient (Wildman–Crippen LogP) is 5.82. The van der Waals surface area contributed by atoms with Crippen molar-refractivity contribution in [3.05, 3.63) is 49.1 Å². The van der Waals surface area contributed by atoms with Gasteiger partial charge in [-0.05, 0) is 54.2 Å². The molecule has 0 bridgehead atoms. The van der Waals surface area contributed by atoms with Crippen molar-refractivity contribution in [1.29, 1.82) is 0 Å². The van der Waals surface area contributed by atoms with Crippen molar-refractivity contribution in [2.45, 2.75) is 41.0 Å². The summed E-state index contributed by atoms with van der Waals surface area (Å²) in [5.41, 5.74) is 4.56. The lowest BCUT2D eigenvalue weighted by molar-refractivity contribution is 0.442. The molecule has 0 unspecified atom stereocenters. The lowest BCUT2D eigenvalue weighted by atomic mass is 9.97. The molecule has 8 heteroatoms. The van der Waals surface area contributed by atoms with Crippen molar-refractivity contribution in [3.63, 3.8) is 0 Å². The van der Waals surface area contributed by atoms with E-state index in [0.717, 1.165) is 79.1 Å². The molecule has 2 aromatic heterocycles. The Balaban J connectivity index is 1.25. The summed E-state index contributed by atoms with van der Waals surface area (Å²) >= 11 is 0. The van der Waals surface area contributed by atoms with Crippen LogP contribution < -0.4 is 20.4 Å². The maximum Gasteiger partial charge on any atom is 0.137 e. The molecule has 5 rings (SSSR count). The molecule has 1 saturated heterocycles. The van der Waals surface area contributed by atoms with Gasteiger partial charge in [0.1, 0.15) is 24.3 Å². The molecule has 4 aromatic rings. The van der Waals surface area contributed by atoms with Crippen molar-refractivity contribution >= 4 is 44.8 Å². The minimum atomic E-state index is 0.182. The van der Waals surface area contributed by atoms with Gasteiger partial charge in [-0.1, -0.05) is 34.6 Å². The molecule has 1 fully saturated rings. The Morgan fingerprint density at radius 2 is 1.24 bits per heavy atom. The summed E-state index contributed by atoms with van der Waals surface area (Å²) in [6.45, 7) is 16.7. The highest BCUT2D eigenvalue weighted by atomic mass is 15.3. The number of nitrogens with zero attached hydrogens (tertiary/aromatic N) is 6. The van der Waals surface area contributed by atoms with E-state index in [1.165, 1.54) is 11.4 Å². The second-order valence-electron chi connectivity index (χ2n) is 11.8. The number of nitrogens with one attached hydrogen (secondary N) is 2. The van der Waals surface area contributed by atoms with E-state index in [4.69, 9.17) is 0 Å². The van der Waals surface area contributed by atoms with Crippen LogP contribution in [-0.2, 0) is 0 Å². The molecule has 0 spiro atoms. The van der Waals surface area contributed by atoms with Crippen LogP contribution in [-0.4, -0.2) is 59.2 Å². The van der Waals surface area contributed by atoms with Crippen molar-refractivity contribution in [2.24, 2.45) is 11.3 Å². The number of hydrogen-bond acceptors (Lipinski definition) is 8. The minimum Gasteiger partial charge on any atom is -0.369 e. The molecule has 38 heavy (non-hydrogen) atoms. The molecule has 3 heterocycles. The highest BCUT2D eigenvalue weighted by Gasteiger charge is 2.19. The largest absolute Gasteiger partial charge is 0.369 e. The third-order valence-corrected chi connectivity index (χ3v) is 7.05. The fraction of sp³-hybridized carbons (Fsp3) is 0.467. The smallest absolute Gasteiger partial charge is 0.137 e. The van der Waals surface area contributed by atoms with Crippen molar-refractivity contribution in [2.75, 3.05) is 59.7 Å². The Bertz CT molecular complexity index is 1390. The zero-order valence-electron chi connectivity index (χ0n) is 23.3. The normalized spacial score (nSPS) is 14.5. The molecule has 8 nitrogen and oxygen atoms in total. The van der Waals surface area contributed by atoms with Gasteiger partial charge in [0.25, 0.3) is 0 Å². The summed E-state index contributed by atoms with van der Waals surface area (Å²) in [6.07, 6.45) is 4.44. The van der Waals surface area contributed by atoms with Gasteiger partial charge in [-0.2, -0.15) is 0 Å². The maximum absolute atomic E-state index is 4.56. The molecule has 2 aromatic carbocycles. The first-order valence-corrected chi connectivity index (χ1v) is 13.7. The molecule has 0 amide bonds. The third kappa shape index (κ3) is 6.06. The van der Waals surface area contributed by atoms with Gasteiger partial charge in [0.2, 0.25) is 0 Å². The van der Waals surface area contributed by atoms with Gasteiger partial charge >= 0.3 is 0 Å². The quantitative estimate of drug-likeness (QED) is 0.306. The summed E-state index contributed by atoms with van der Waals surface area (Å²) in [4.78, 5) is 23.0. The van der Waals surface area contributed by atoms with E-state index in [2.05, 4.69) is 111 Å². The monoisotopic (exact) mass is 512 g/mol. The average molecular weight is 513 g/mol. The Labute approximate surface area is 225 Å². The lowest BCUT2D eigenvalue weighted by Gasteiger charge is -2.37. The molecule has 2 N–H and O–H groups in total. The van der Waals surface area contributed by atoms with Crippen LogP contribution in [0.5, 0.6) is 0 Å². The Kier molecular flexibility index (Phi) is 7.49. The Hall–Kier alpha value is -3.68. The van der Waals surface area contributed by atoms with Gasteiger partial charge in [-0.15, -0.1) is 0 Å². The van der Waals surface area contributed by atoms with Crippen LogP contribution >= 0.6 is 0 Å². The summed E-state index contributed by atoms with van der Waals surface area (Å²) in [5, 5.41) is 9.13. The number of fused-ring (bicyclic) bond motifs is 2. The number of piperazine rings is 1. The highest BCUT2D eigenvalue weighted by Crippen LogP contribution is 2.29. The summed E-state index contributed by atoms with van der Waals surface area (Å²) in [7, 11) is 0. The first kappa shape index (κ1) is 25.9. The topological polar surface area (TPSA) is 82.1 Å². The standard InChI is InChI=1S/C30H40N8/c1-21(2)10-11-31-28-24-8-6-22(16-26(24)33-19-35-28)37-12-14-38(15-13-37)23-7-9-25-27(17-23)34-20-36-29(25)32-18-30(3,4)5/h6-9,16-17,19-21H,10-15,18H2,1-5H3,(H,31,33,35)(H,32,34,36). The zero-order valence-corrected chi connectivity index (χ0v) is 23.3. The number of hydrogen-bond donors (Lipinski definition) is 2. The molecule has 1 aliphatic heterocycles. The molecule has 0 saturated carbocycles. The number of aromatic nitrogens is 4. The van der Waals surface area contributed by atoms with Crippen molar-refractivity contribution in [3.8, 4) is 0 Å². The van der Waals surface area contributed by atoms with E-state index in [-0.39, 0.29) is 5.41 Å². The van der Waals surface area contributed by atoms with Gasteiger partial charge in [0, 0.05) is 61.4 Å². The molecule has 0 aliphatic carbocycles. The van der Waals surface area contributed by atoms with Gasteiger partial charge in [0.05, 0.1) is 11.0 Å². The van der Waals surface area contributed by atoms with E-state index in [9.17, 15) is 0 Å². The second-order valence-corrected chi connectivity index (χ2v) is 11.8. The second kappa shape index (κ2) is 11.0. The number of rotatable bonds is 8.